The number of anilines is 12. The predicted molar refractivity (Wildman–Crippen MR) is 452 cm³/mol. The molecule has 20 aromatic rings. The summed E-state index contributed by atoms with van der Waals surface area (Å²) in [7, 11) is 0. The van der Waals surface area contributed by atoms with Gasteiger partial charge >= 0.3 is 0 Å². The van der Waals surface area contributed by atoms with Gasteiger partial charge in [0, 0.05) is 112 Å². The van der Waals surface area contributed by atoms with Gasteiger partial charge in [-0.15, -0.1) is 0 Å². The second-order valence-electron chi connectivity index (χ2n) is 27.2. The predicted octanol–water partition coefficient (Wildman–Crippen LogP) is 26.4. The van der Waals surface area contributed by atoms with Crippen LogP contribution in [0.1, 0.15) is 0 Å². The molecule has 0 saturated carbocycles. The van der Waals surface area contributed by atoms with Crippen LogP contribution in [0.5, 0.6) is 0 Å². The van der Waals surface area contributed by atoms with Crippen LogP contribution >= 0.6 is 0 Å². The number of aromatic nitrogens is 6. The van der Waals surface area contributed by atoms with E-state index in [1.54, 1.807) is 0 Å². The van der Waals surface area contributed by atoms with E-state index in [-0.39, 0.29) is 0 Å². The van der Waals surface area contributed by atoms with Gasteiger partial charge in [0.05, 0.1) is 44.5 Å². The maximum atomic E-state index is 5.83. The van der Waals surface area contributed by atoms with Crippen LogP contribution in [0.4, 0.5) is 68.2 Å². The Morgan fingerprint density at radius 1 is 0.165 bits per heavy atom. The lowest BCUT2D eigenvalue weighted by atomic mass is 10.1. The summed E-state index contributed by atoms with van der Waals surface area (Å²) in [6.45, 7) is 0. The minimum absolute atomic E-state index is 0.489. The van der Waals surface area contributed by atoms with E-state index in [4.69, 9.17) is 15.0 Å². The third-order valence-corrected chi connectivity index (χ3v) is 20.8. The zero-order valence-electron chi connectivity index (χ0n) is 59.2. The lowest BCUT2D eigenvalue weighted by molar-refractivity contribution is 0.950. The molecule has 0 radical (unpaired) electrons. The zero-order valence-corrected chi connectivity index (χ0v) is 59.2. The van der Waals surface area contributed by atoms with E-state index in [2.05, 4.69) is 446 Å². The molecule has 0 unspecified atom stereocenters. The third kappa shape index (κ3) is 11.3. The highest BCUT2D eigenvalue weighted by Gasteiger charge is 2.27. The SMILES string of the molecule is c1ccc(N(c2ccccc2)c2ccc3c(c2)c2cc(N(c4ccccc4)c4ccccc4)ccc2n3-c2ccccc2-c2nc(-c3ccccc3-n3c4ccc(N(c5ccccc5)c5ccccc5)cc4c4cc(N(c5ccccc5)c5ccccc5)ccc43)nc(-n3c4ccccc4c4ccccc43)n2)cc1. The van der Waals surface area contributed by atoms with Crippen molar-refractivity contribution in [1.82, 2.24) is 28.7 Å². The molecule has 4 aromatic heterocycles. The Morgan fingerprint density at radius 3 is 0.651 bits per heavy atom. The molecule has 0 saturated heterocycles. The average molecular weight is 1400 g/mol. The largest absolute Gasteiger partial charge is 0.310 e. The Balaban J connectivity index is 0.827. The number of para-hydroxylation sites is 12. The summed E-state index contributed by atoms with van der Waals surface area (Å²) in [6, 6.07) is 147. The lowest BCUT2D eigenvalue weighted by Crippen LogP contribution is -2.10. The Morgan fingerprint density at radius 2 is 0.385 bits per heavy atom. The van der Waals surface area contributed by atoms with Crippen molar-refractivity contribution in [2.24, 2.45) is 0 Å². The number of nitrogens with zero attached hydrogens (tertiary/aromatic N) is 10. The Kier molecular flexibility index (Phi) is 16.0. The Bertz CT molecular complexity index is 5890. The molecule has 514 valence electrons. The van der Waals surface area contributed by atoms with Crippen molar-refractivity contribution in [2.45, 2.75) is 0 Å². The number of hydrogen-bond acceptors (Lipinski definition) is 7. The molecule has 20 rings (SSSR count). The molecular formula is C99H68N10. The molecule has 4 heterocycles. The van der Waals surface area contributed by atoms with Crippen molar-refractivity contribution in [3.63, 3.8) is 0 Å². The second kappa shape index (κ2) is 27.3. The van der Waals surface area contributed by atoms with E-state index in [1.165, 1.54) is 0 Å². The van der Waals surface area contributed by atoms with Gasteiger partial charge in [0.2, 0.25) is 5.95 Å². The molecule has 0 bridgehead atoms. The van der Waals surface area contributed by atoms with E-state index >= 15 is 0 Å². The molecule has 109 heavy (non-hydrogen) atoms. The molecule has 0 fully saturated rings. The van der Waals surface area contributed by atoms with Crippen molar-refractivity contribution in [1.29, 1.82) is 0 Å². The van der Waals surface area contributed by atoms with E-state index in [9.17, 15) is 0 Å². The van der Waals surface area contributed by atoms with Gasteiger partial charge in [-0.1, -0.05) is 206 Å². The van der Waals surface area contributed by atoms with Gasteiger partial charge < -0.3 is 28.7 Å². The molecule has 10 heteroatoms. The van der Waals surface area contributed by atoms with Gasteiger partial charge in [0.1, 0.15) is 0 Å². The first-order chi connectivity index (χ1) is 54.1. The first-order valence-corrected chi connectivity index (χ1v) is 36.8. The summed E-state index contributed by atoms with van der Waals surface area (Å²) in [4.78, 5) is 26.7. The summed E-state index contributed by atoms with van der Waals surface area (Å²) >= 11 is 0. The van der Waals surface area contributed by atoms with Gasteiger partial charge in [0.15, 0.2) is 11.6 Å². The van der Waals surface area contributed by atoms with Crippen LogP contribution in [0.15, 0.2) is 413 Å². The monoisotopic (exact) mass is 1400 g/mol. The van der Waals surface area contributed by atoms with Crippen LogP contribution in [0.2, 0.25) is 0 Å². The molecule has 0 atom stereocenters. The first kappa shape index (κ1) is 63.8. The summed E-state index contributed by atoms with van der Waals surface area (Å²) in [5, 5.41) is 6.49. The van der Waals surface area contributed by atoms with E-state index in [1.807, 2.05) is 0 Å². The first-order valence-electron chi connectivity index (χ1n) is 36.8. The minimum atomic E-state index is 0.489. The minimum Gasteiger partial charge on any atom is -0.310 e. The van der Waals surface area contributed by atoms with Crippen molar-refractivity contribution >= 4 is 134 Å². The molecule has 0 aliphatic carbocycles. The number of fused-ring (bicyclic) bond motifs is 9. The Labute approximate surface area is 630 Å². The molecule has 16 aromatic carbocycles. The fourth-order valence-corrected chi connectivity index (χ4v) is 16.0. The van der Waals surface area contributed by atoms with E-state index in [0.29, 0.717) is 17.6 Å². The lowest BCUT2D eigenvalue weighted by Gasteiger charge is -2.26. The van der Waals surface area contributed by atoms with Gasteiger partial charge in [-0.2, -0.15) is 9.97 Å². The van der Waals surface area contributed by atoms with Crippen LogP contribution in [-0.4, -0.2) is 28.7 Å². The van der Waals surface area contributed by atoms with Crippen molar-refractivity contribution < 1.29 is 0 Å². The maximum Gasteiger partial charge on any atom is 0.238 e. The standard InChI is InChI=1S/C99H68N10/c1-9-33-69(34-10-1)103(70-35-11-2-12-36-70)77-57-61-93-85(65-77)86-66-78(104(71-37-13-3-14-38-71)72-39-15-4-16-40-72)58-62-94(86)107(93)91-55-31-27-51-83(91)97-100-98(102-99(101-97)109-89-53-29-25-49-81(89)82-50-26-30-54-90(82)109)84-52-28-32-56-92(84)108-95-63-59-79(105(73-41-17-5-18-42-73)74-43-19-6-20-44-74)67-87(95)88-68-80(60-64-96(88)108)106(75-45-21-7-22-46-75)76-47-23-8-24-48-76/h1-68H. The summed E-state index contributed by atoms with van der Waals surface area (Å²) in [5.74, 6) is 1.51. The quantitative estimate of drug-likeness (QED) is 0.0900. The van der Waals surface area contributed by atoms with Crippen LogP contribution in [-0.2, 0) is 0 Å². The third-order valence-electron chi connectivity index (χ3n) is 20.8. The number of rotatable bonds is 17. The van der Waals surface area contributed by atoms with Gasteiger partial charge in [-0.05, 0) is 206 Å². The fourth-order valence-electron chi connectivity index (χ4n) is 16.0. The molecule has 10 nitrogen and oxygen atoms in total. The van der Waals surface area contributed by atoms with E-state index < -0.39 is 0 Å². The summed E-state index contributed by atoms with van der Waals surface area (Å²) in [6.07, 6.45) is 0. The smallest absolute Gasteiger partial charge is 0.238 e. The van der Waals surface area contributed by atoms with Crippen molar-refractivity contribution in [2.75, 3.05) is 19.6 Å². The van der Waals surface area contributed by atoms with Gasteiger partial charge in [-0.3, -0.25) is 4.57 Å². The van der Waals surface area contributed by atoms with E-state index in [0.717, 1.165) is 156 Å². The van der Waals surface area contributed by atoms with Gasteiger partial charge in [-0.25, -0.2) is 4.98 Å². The van der Waals surface area contributed by atoms with Crippen LogP contribution in [0.3, 0.4) is 0 Å². The number of benzene rings is 16. The summed E-state index contributed by atoms with van der Waals surface area (Å²) in [5.41, 5.74) is 22.0. The fraction of sp³-hybridized carbons (Fsp3) is 0. The molecule has 0 spiro atoms. The molecular weight excluding hydrogens is 1330 g/mol. The highest BCUT2D eigenvalue weighted by Crippen LogP contribution is 2.48. The van der Waals surface area contributed by atoms with Crippen LogP contribution in [0, 0.1) is 0 Å². The highest BCUT2D eigenvalue weighted by molar-refractivity contribution is 6.15. The molecule has 0 N–H and O–H groups in total. The average Bonchev–Trinajstić information content (AvgIpc) is 1.66. The highest BCUT2D eigenvalue weighted by atomic mass is 15.2. The van der Waals surface area contributed by atoms with Crippen LogP contribution in [0.25, 0.3) is 106 Å². The van der Waals surface area contributed by atoms with Gasteiger partial charge in [0.25, 0.3) is 0 Å². The molecule has 0 aliphatic heterocycles. The normalized spacial score (nSPS) is 11.5. The Hall–Kier alpha value is -14.9. The summed E-state index contributed by atoms with van der Waals surface area (Å²) < 4.78 is 7.03. The van der Waals surface area contributed by atoms with Crippen molar-refractivity contribution in [3.05, 3.63) is 413 Å². The maximum absolute atomic E-state index is 5.83. The zero-order chi connectivity index (χ0) is 72.1. The van der Waals surface area contributed by atoms with Crippen molar-refractivity contribution in [3.8, 4) is 40.1 Å². The molecule has 0 aliphatic rings. The second-order valence-corrected chi connectivity index (χ2v) is 27.2. The molecule has 0 amide bonds. The number of hydrogen-bond donors (Lipinski definition) is 0. The topological polar surface area (TPSA) is 66.4 Å². The van der Waals surface area contributed by atoms with Crippen LogP contribution < -0.4 is 19.6 Å².